The van der Waals surface area contributed by atoms with Crippen molar-refractivity contribution < 1.29 is 8.42 Å². The maximum Gasteiger partial charge on any atom is 0.150 e. The van der Waals surface area contributed by atoms with Crippen LogP contribution in [0.2, 0.25) is 0 Å². The van der Waals surface area contributed by atoms with Crippen LogP contribution in [0.15, 0.2) is 28.7 Å². The van der Waals surface area contributed by atoms with Crippen molar-refractivity contribution in [1.82, 2.24) is 0 Å². The molecule has 1 aromatic carbocycles. The Labute approximate surface area is 110 Å². The molecule has 0 saturated carbocycles. The molecule has 1 fully saturated rings. The number of benzene rings is 1. The molecule has 0 aliphatic carbocycles. The molecule has 0 amide bonds. The third-order valence-corrected chi connectivity index (χ3v) is 5.58. The average molecular weight is 318 g/mol. The van der Waals surface area contributed by atoms with E-state index in [0.29, 0.717) is 5.75 Å². The van der Waals surface area contributed by atoms with Gasteiger partial charge in [0.25, 0.3) is 0 Å². The van der Waals surface area contributed by atoms with Crippen LogP contribution in [0.3, 0.4) is 0 Å². The maximum absolute atomic E-state index is 11.6. The molecule has 17 heavy (non-hydrogen) atoms. The quantitative estimate of drug-likeness (QED) is 0.910. The van der Waals surface area contributed by atoms with Crippen molar-refractivity contribution in [3.63, 3.8) is 0 Å². The molecule has 5 heteroatoms. The highest BCUT2D eigenvalue weighted by atomic mass is 79.9. The second-order valence-corrected chi connectivity index (χ2v) is 7.74. The van der Waals surface area contributed by atoms with E-state index in [2.05, 4.69) is 15.9 Å². The van der Waals surface area contributed by atoms with Crippen LogP contribution < -0.4 is 5.73 Å². The molecule has 0 radical (unpaired) electrons. The van der Waals surface area contributed by atoms with E-state index in [-0.39, 0.29) is 17.7 Å². The zero-order valence-corrected chi connectivity index (χ0v) is 11.9. The molecule has 0 spiro atoms. The number of halogens is 1. The lowest BCUT2D eigenvalue weighted by molar-refractivity contribution is 0.415. The molecule has 2 rings (SSSR count). The van der Waals surface area contributed by atoms with E-state index >= 15 is 0 Å². The smallest absolute Gasteiger partial charge is 0.150 e. The van der Waals surface area contributed by atoms with E-state index in [4.69, 9.17) is 5.73 Å². The Hall–Kier alpha value is -0.390. The SMILES string of the molecule is NC(c1cccc(Br)c1)C1CCCS(=O)(=O)C1. The summed E-state index contributed by atoms with van der Waals surface area (Å²) in [5, 5.41) is 0. The van der Waals surface area contributed by atoms with Crippen LogP contribution >= 0.6 is 15.9 Å². The highest BCUT2D eigenvalue weighted by molar-refractivity contribution is 9.10. The Morgan fingerprint density at radius 1 is 1.41 bits per heavy atom. The van der Waals surface area contributed by atoms with Gasteiger partial charge in [-0.1, -0.05) is 28.1 Å². The molecule has 1 aromatic rings. The van der Waals surface area contributed by atoms with Crippen LogP contribution in [0.5, 0.6) is 0 Å². The molecule has 1 aliphatic rings. The van der Waals surface area contributed by atoms with E-state index in [9.17, 15) is 8.42 Å². The van der Waals surface area contributed by atoms with Crippen molar-refractivity contribution in [2.24, 2.45) is 11.7 Å². The Morgan fingerprint density at radius 3 is 2.82 bits per heavy atom. The number of hydrogen-bond donors (Lipinski definition) is 1. The molecular formula is C12H16BrNO2S. The van der Waals surface area contributed by atoms with Crippen molar-refractivity contribution in [2.45, 2.75) is 18.9 Å². The summed E-state index contributed by atoms with van der Waals surface area (Å²) in [5.41, 5.74) is 7.18. The van der Waals surface area contributed by atoms with Crippen molar-refractivity contribution >= 4 is 25.8 Å². The molecule has 1 heterocycles. The lowest BCUT2D eigenvalue weighted by Gasteiger charge is -2.27. The van der Waals surface area contributed by atoms with Gasteiger partial charge in [-0.25, -0.2) is 8.42 Å². The molecule has 1 aliphatic heterocycles. The predicted molar refractivity (Wildman–Crippen MR) is 72.4 cm³/mol. The lowest BCUT2D eigenvalue weighted by Crippen LogP contribution is -2.33. The first-order chi connectivity index (χ1) is 7.98. The molecule has 94 valence electrons. The summed E-state index contributed by atoms with van der Waals surface area (Å²) in [6.45, 7) is 0. The van der Waals surface area contributed by atoms with Gasteiger partial charge >= 0.3 is 0 Å². The van der Waals surface area contributed by atoms with Gasteiger partial charge in [0.1, 0.15) is 0 Å². The summed E-state index contributed by atoms with van der Waals surface area (Å²) in [6.07, 6.45) is 1.63. The second-order valence-electron chi connectivity index (χ2n) is 4.60. The molecule has 3 nitrogen and oxygen atoms in total. The first-order valence-corrected chi connectivity index (χ1v) is 8.31. The van der Waals surface area contributed by atoms with Crippen molar-refractivity contribution in [3.8, 4) is 0 Å². The maximum atomic E-state index is 11.6. The van der Waals surface area contributed by atoms with E-state index in [1.54, 1.807) is 0 Å². The van der Waals surface area contributed by atoms with Gasteiger partial charge in [-0.2, -0.15) is 0 Å². The summed E-state index contributed by atoms with van der Waals surface area (Å²) < 4.78 is 24.2. The molecule has 2 N–H and O–H groups in total. The first-order valence-electron chi connectivity index (χ1n) is 5.69. The zero-order chi connectivity index (χ0) is 12.5. The van der Waals surface area contributed by atoms with E-state index in [0.717, 1.165) is 22.9 Å². The van der Waals surface area contributed by atoms with Crippen LogP contribution in [0, 0.1) is 5.92 Å². The highest BCUT2D eigenvalue weighted by Gasteiger charge is 2.29. The predicted octanol–water partition coefficient (Wildman–Crippen LogP) is 2.27. The molecular weight excluding hydrogens is 302 g/mol. The van der Waals surface area contributed by atoms with Gasteiger partial charge < -0.3 is 5.73 Å². The van der Waals surface area contributed by atoms with E-state index < -0.39 is 9.84 Å². The third kappa shape index (κ3) is 3.30. The summed E-state index contributed by atoms with van der Waals surface area (Å²) in [5.74, 6) is 0.582. The minimum atomic E-state index is -2.89. The third-order valence-electron chi connectivity index (χ3n) is 3.24. The average Bonchev–Trinajstić information content (AvgIpc) is 2.26. The minimum absolute atomic E-state index is 0.0445. The summed E-state index contributed by atoms with van der Waals surface area (Å²) in [6, 6.07) is 7.59. The fraction of sp³-hybridized carbons (Fsp3) is 0.500. The fourth-order valence-electron chi connectivity index (χ4n) is 2.33. The molecule has 1 saturated heterocycles. The Bertz CT molecular complexity index is 501. The summed E-state index contributed by atoms with van der Waals surface area (Å²) in [4.78, 5) is 0. The van der Waals surface area contributed by atoms with Crippen molar-refractivity contribution in [1.29, 1.82) is 0 Å². The molecule has 2 unspecified atom stereocenters. The normalized spacial score (nSPS) is 25.4. The zero-order valence-electron chi connectivity index (χ0n) is 9.47. The molecule has 0 bridgehead atoms. The van der Waals surface area contributed by atoms with Gasteiger partial charge in [0.2, 0.25) is 0 Å². The van der Waals surface area contributed by atoms with Crippen molar-refractivity contribution in [2.75, 3.05) is 11.5 Å². The Morgan fingerprint density at radius 2 is 2.18 bits per heavy atom. The largest absolute Gasteiger partial charge is 0.324 e. The van der Waals surface area contributed by atoms with Gasteiger partial charge in [-0.15, -0.1) is 0 Å². The molecule has 0 aromatic heterocycles. The van der Waals surface area contributed by atoms with E-state index in [1.807, 2.05) is 24.3 Å². The fourth-order valence-corrected chi connectivity index (χ4v) is 4.54. The number of hydrogen-bond acceptors (Lipinski definition) is 3. The first kappa shape index (κ1) is 13.1. The Kier molecular flexibility index (Phi) is 3.90. The number of nitrogens with two attached hydrogens (primary N) is 1. The summed E-state index contributed by atoms with van der Waals surface area (Å²) >= 11 is 3.40. The van der Waals surface area contributed by atoms with Crippen molar-refractivity contribution in [3.05, 3.63) is 34.3 Å². The minimum Gasteiger partial charge on any atom is -0.324 e. The van der Waals surface area contributed by atoms with Gasteiger partial charge in [-0.05, 0) is 36.5 Å². The van der Waals surface area contributed by atoms with Crippen LogP contribution in [-0.4, -0.2) is 19.9 Å². The molecule has 2 atom stereocenters. The van der Waals surface area contributed by atoms with E-state index in [1.165, 1.54) is 0 Å². The summed E-state index contributed by atoms with van der Waals surface area (Å²) in [7, 11) is -2.89. The Balaban J connectivity index is 2.17. The van der Waals surface area contributed by atoms with Crippen LogP contribution in [0.4, 0.5) is 0 Å². The topological polar surface area (TPSA) is 60.2 Å². The monoisotopic (exact) mass is 317 g/mol. The van der Waals surface area contributed by atoms with Crippen LogP contribution in [0.25, 0.3) is 0 Å². The second kappa shape index (κ2) is 5.08. The van der Waals surface area contributed by atoms with Gasteiger partial charge in [0, 0.05) is 10.5 Å². The highest BCUT2D eigenvalue weighted by Crippen LogP contribution is 2.30. The lowest BCUT2D eigenvalue weighted by atomic mass is 9.91. The van der Waals surface area contributed by atoms with Gasteiger partial charge in [0.05, 0.1) is 11.5 Å². The number of rotatable bonds is 2. The number of sulfone groups is 1. The van der Waals surface area contributed by atoms with Crippen LogP contribution in [0.1, 0.15) is 24.4 Å². The standard InChI is InChI=1S/C12H16BrNO2S/c13-11-5-1-3-9(7-11)12(14)10-4-2-6-17(15,16)8-10/h1,3,5,7,10,12H,2,4,6,8,14H2. The van der Waals surface area contributed by atoms with Gasteiger partial charge in [0.15, 0.2) is 9.84 Å². The van der Waals surface area contributed by atoms with Crippen LogP contribution in [-0.2, 0) is 9.84 Å². The van der Waals surface area contributed by atoms with Gasteiger partial charge in [-0.3, -0.25) is 0 Å².